The number of halogens is 1. The molecule has 4 aromatic rings. The summed E-state index contributed by atoms with van der Waals surface area (Å²) in [6.45, 7) is 0.130. The fraction of sp³-hybridized carbons (Fsp3) is 0.188. The maximum Gasteiger partial charge on any atom is 0.251 e. The molecule has 0 bridgehead atoms. The van der Waals surface area contributed by atoms with E-state index in [-0.39, 0.29) is 18.9 Å². The molecule has 0 heterocycles. The van der Waals surface area contributed by atoms with E-state index in [2.05, 4.69) is 5.32 Å². The van der Waals surface area contributed by atoms with E-state index < -0.39 is 17.8 Å². The Morgan fingerprint density at radius 1 is 0.775 bits per heavy atom. The highest BCUT2D eigenvalue weighted by Gasteiger charge is 2.32. The van der Waals surface area contributed by atoms with Gasteiger partial charge in [0.25, 0.3) is 5.91 Å². The average Bonchev–Trinajstić information content (AvgIpc) is 2.98. The molecular weight excluding hydrogens is 511 g/mol. The molecule has 4 rings (SSSR count). The smallest absolute Gasteiger partial charge is 0.251 e. The zero-order valence-corrected chi connectivity index (χ0v) is 22.6. The largest absolute Gasteiger partial charge is 0.497 e. The van der Waals surface area contributed by atoms with Crippen molar-refractivity contribution in [3.05, 3.63) is 120 Å². The summed E-state index contributed by atoms with van der Waals surface area (Å²) in [4.78, 5) is 29.4. The van der Waals surface area contributed by atoms with E-state index in [1.807, 2.05) is 42.5 Å². The molecule has 0 aliphatic carbocycles. The summed E-state index contributed by atoms with van der Waals surface area (Å²) in [6.07, 6.45) is 0.0772. The predicted molar refractivity (Wildman–Crippen MR) is 151 cm³/mol. The standard InChI is InChI=1S/C32H31FN2O5/c1-38-26-15-9-23(10-16-26)21-35(30(36)19-22-7-5-4-6-8-22)31(24-11-13-25(33)14-12-24)32(37)34-28-18-17-27(39-2)20-29(28)40-3/h4-18,20,31H,19,21H2,1-3H3,(H,34,37). The lowest BCUT2D eigenvalue weighted by Crippen LogP contribution is -2.41. The third kappa shape index (κ3) is 6.96. The van der Waals surface area contributed by atoms with Gasteiger partial charge in [0.2, 0.25) is 5.91 Å². The van der Waals surface area contributed by atoms with Gasteiger partial charge in [-0.3, -0.25) is 9.59 Å². The van der Waals surface area contributed by atoms with Crippen molar-refractivity contribution in [2.75, 3.05) is 26.6 Å². The van der Waals surface area contributed by atoms with Crippen LogP contribution in [-0.2, 0) is 22.6 Å². The van der Waals surface area contributed by atoms with Gasteiger partial charge in [-0.1, -0.05) is 54.6 Å². The van der Waals surface area contributed by atoms with E-state index in [0.29, 0.717) is 28.5 Å². The Hall–Kier alpha value is -4.85. The summed E-state index contributed by atoms with van der Waals surface area (Å²) in [5, 5.41) is 2.90. The Kier molecular flexibility index (Phi) is 9.35. The van der Waals surface area contributed by atoms with E-state index >= 15 is 0 Å². The SMILES string of the molecule is COc1ccc(CN(C(=O)Cc2ccccc2)C(C(=O)Nc2ccc(OC)cc2OC)c2ccc(F)cc2)cc1. The second-order valence-corrected chi connectivity index (χ2v) is 9.04. The summed E-state index contributed by atoms with van der Waals surface area (Å²) in [5.41, 5.74) is 2.47. The van der Waals surface area contributed by atoms with Crippen molar-refractivity contribution in [3.63, 3.8) is 0 Å². The Morgan fingerprint density at radius 3 is 2.05 bits per heavy atom. The maximum atomic E-state index is 14.0. The van der Waals surface area contributed by atoms with E-state index in [9.17, 15) is 14.0 Å². The highest BCUT2D eigenvalue weighted by molar-refractivity contribution is 5.99. The van der Waals surface area contributed by atoms with Crippen LogP contribution in [0, 0.1) is 5.82 Å². The molecule has 7 nitrogen and oxygen atoms in total. The van der Waals surface area contributed by atoms with Gasteiger partial charge in [0, 0.05) is 12.6 Å². The maximum absolute atomic E-state index is 14.0. The molecule has 0 saturated heterocycles. The molecule has 1 atom stereocenters. The Balaban J connectivity index is 1.75. The zero-order valence-electron chi connectivity index (χ0n) is 22.6. The van der Waals surface area contributed by atoms with Crippen LogP contribution >= 0.6 is 0 Å². The summed E-state index contributed by atoms with van der Waals surface area (Å²) in [7, 11) is 4.60. The minimum Gasteiger partial charge on any atom is -0.497 e. The van der Waals surface area contributed by atoms with Gasteiger partial charge in [-0.2, -0.15) is 0 Å². The molecule has 1 unspecified atom stereocenters. The molecule has 0 saturated carbocycles. The third-order valence-corrected chi connectivity index (χ3v) is 6.44. The van der Waals surface area contributed by atoms with Gasteiger partial charge in [0.1, 0.15) is 29.1 Å². The average molecular weight is 543 g/mol. The summed E-state index contributed by atoms with van der Waals surface area (Å²) in [6, 6.07) is 26.1. The Morgan fingerprint density at radius 2 is 1.43 bits per heavy atom. The van der Waals surface area contributed by atoms with Crippen LogP contribution in [0.15, 0.2) is 97.1 Å². The molecule has 8 heteroatoms. The van der Waals surface area contributed by atoms with Crippen molar-refractivity contribution in [1.29, 1.82) is 0 Å². The van der Waals surface area contributed by atoms with Crippen LogP contribution in [0.2, 0.25) is 0 Å². The van der Waals surface area contributed by atoms with E-state index in [1.54, 1.807) is 37.4 Å². The number of nitrogens with zero attached hydrogens (tertiary/aromatic N) is 1. The molecule has 0 radical (unpaired) electrons. The number of amides is 2. The number of nitrogens with one attached hydrogen (secondary N) is 1. The minimum absolute atomic E-state index is 0.0772. The molecular formula is C32H31FN2O5. The fourth-order valence-corrected chi connectivity index (χ4v) is 4.34. The first-order valence-electron chi connectivity index (χ1n) is 12.7. The number of hydrogen-bond donors (Lipinski definition) is 1. The third-order valence-electron chi connectivity index (χ3n) is 6.44. The monoisotopic (exact) mass is 542 g/mol. The van der Waals surface area contributed by atoms with Crippen LogP contribution in [0.4, 0.5) is 10.1 Å². The molecule has 206 valence electrons. The lowest BCUT2D eigenvalue weighted by Gasteiger charge is -2.32. The Bertz CT molecular complexity index is 1430. The first-order valence-corrected chi connectivity index (χ1v) is 12.7. The molecule has 4 aromatic carbocycles. The zero-order chi connectivity index (χ0) is 28.5. The van der Waals surface area contributed by atoms with Gasteiger partial charge in [-0.15, -0.1) is 0 Å². The fourth-order valence-electron chi connectivity index (χ4n) is 4.34. The van der Waals surface area contributed by atoms with Crippen molar-refractivity contribution in [2.24, 2.45) is 0 Å². The molecule has 1 N–H and O–H groups in total. The van der Waals surface area contributed by atoms with Gasteiger partial charge < -0.3 is 24.4 Å². The predicted octanol–water partition coefficient (Wildman–Crippen LogP) is 5.80. The van der Waals surface area contributed by atoms with Crippen LogP contribution in [0.3, 0.4) is 0 Å². The van der Waals surface area contributed by atoms with Crippen molar-refractivity contribution in [2.45, 2.75) is 19.0 Å². The number of anilines is 1. The normalized spacial score (nSPS) is 11.3. The summed E-state index contributed by atoms with van der Waals surface area (Å²) in [5.74, 6) is 0.424. The molecule has 2 amide bonds. The van der Waals surface area contributed by atoms with Crippen molar-refractivity contribution >= 4 is 17.5 Å². The highest BCUT2D eigenvalue weighted by Crippen LogP contribution is 2.32. The van der Waals surface area contributed by atoms with Crippen LogP contribution in [-0.4, -0.2) is 38.0 Å². The molecule has 0 fully saturated rings. The van der Waals surface area contributed by atoms with Gasteiger partial charge in [-0.25, -0.2) is 4.39 Å². The minimum atomic E-state index is -1.08. The number of benzene rings is 4. The quantitative estimate of drug-likeness (QED) is 0.259. The molecule has 40 heavy (non-hydrogen) atoms. The van der Waals surface area contributed by atoms with Crippen molar-refractivity contribution in [1.82, 2.24) is 4.90 Å². The number of methoxy groups -OCH3 is 3. The summed E-state index contributed by atoms with van der Waals surface area (Å²) < 4.78 is 29.9. The van der Waals surface area contributed by atoms with E-state index in [4.69, 9.17) is 14.2 Å². The van der Waals surface area contributed by atoms with Gasteiger partial charge in [0.15, 0.2) is 0 Å². The van der Waals surface area contributed by atoms with E-state index in [1.165, 1.54) is 43.4 Å². The first kappa shape index (κ1) is 28.2. The highest BCUT2D eigenvalue weighted by atomic mass is 19.1. The van der Waals surface area contributed by atoms with Crippen LogP contribution < -0.4 is 19.5 Å². The lowest BCUT2D eigenvalue weighted by molar-refractivity contribution is -0.139. The molecule has 0 aliphatic rings. The second-order valence-electron chi connectivity index (χ2n) is 9.04. The Labute approximate surface area is 233 Å². The van der Waals surface area contributed by atoms with Crippen molar-refractivity contribution in [3.8, 4) is 17.2 Å². The van der Waals surface area contributed by atoms with E-state index in [0.717, 1.165) is 11.1 Å². The second kappa shape index (κ2) is 13.3. The van der Waals surface area contributed by atoms with Crippen molar-refractivity contribution < 1.29 is 28.2 Å². The number of ether oxygens (including phenoxy) is 3. The molecule has 0 spiro atoms. The number of hydrogen-bond acceptors (Lipinski definition) is 5. The topological polar surface area (TPSA) is 77.1 Å². The lowest BCUT2D eigenvalue weighted by atomic mass is 10.0. The number of carbonyl (C=O) groups is 2. The van der Waals surface area contributed by atoms with Crippen LogP contribution in [0.5, 0.6) is 17.2 Å². The number of carbonyl (C=O) groups excluding carboxylic acids is 2. The molecule has 0 aromatic heterocycles. The van der Waals surface area contributed by atoms with Gasteiger partial charge >= 0.3 is 0 Å². The van der Waals surface area contributed by atoms with Gasteiger partial charge in [-0.05, 0) is 53.1 Å². The summed E-state index contributed by atoms with van der Waals surface area (Å²) >= 11 is 0. The number of rotatable bonds is 11. The first-order chi connectivity index (χ1) is 19.4. The molecule has 0 aliphatic heterocycles. The van der Waals surface area contributed by atoms with Gasteiger partial charge in [0.05, 0.1) is 33.4 Å². The van der Waals surface area contributed by atoms with Crippen LogP contribution in [0.25, 0.3) is 0 Å². The van der Waals surface area contributed by atoms with Crippen LogP contribution in [0.1, 0.15) is 22.7 Å².